The summed E-state index contributed by atoms with van der Waals surface area (Å²) in [6.45, 7) is 4.71. The van der Waals surface area contributed by atoms with Gasteiger partial charge in [-0.25, -0.2) is 0 Å². The molecule has 0 spiro atoms. The molecule has 0 fully saturated rings. The van der Waals surface area contributed by atoms with Crippen LogP contribution in [0.5, 0.6) is 0 Å². The molecular weight excluding hydrogens is 198 g/mol. The van der Waals surface area contributed by atoms with Crippen molar-refractivity contribution in [2.45, 2.75) is 32.1 Å². The number of amides is 1. The molecule has 1 aromatic heterocycles. The van der Waals surface area contributed by atoms with E-state index in [0.717, 1.165) is 6.54 Å². The molecule has 0 aromatic carbocycles. The van der Waals surface area contributed by atoms with Gasteiger partial charge in [-0.1, -0.05) is 6.92 Å². The number of hydrogen-bond donors (Lipinski definition) is 2. The number of hydrogen-bond acceptors (Lipinski definition) is 3. The molecule has 0 saturated heterocycles. The zero-order valence-corrected chi connectivity index (χ0v) is 9.29. The van der Waals surface area contributed by atoms with Gasteiger partial charge in [0.2, 0.25) is 5.91 Å². The molecule has 1 atom stereocenters. The predicted molar refractivity (Wildman–Crippen MR) is 59.6 cm³/mol. The average Bonchev–Trinajstić information content (AvgIpc) is 2.64. The molecular formula is C9H15N3OS. The summed E-state index contributed by atoms with van der Waals surface area (Å²) >= 11 is 4.14. The van der Waals surface area contributed by atoms with Crippen LogP contribution in [-0.2, 0) is 11.3 Å². The Morgan fingerprint density at radius 3 is 2.93 bits per heavy atom. The predicted octanol–water partition coefficient (Wildman–Crippen LogP) is 1.55. The van der Waals surface area contributed by atoms with Crippen LogP contribution in [0.1, 0.15) is 20.3 Å². The summed E-state index contributed by atoms with van der Waals surface area (Å²) in [4.78, 5) is 11.4. The van der Waals surface area contributed by atoms with Crippen LogP contribution in [0.15, 0.2) is 12.3 Å². The molecule has 0 aliphatic carbocycles. The van der Waals surface area contributed by atoms with Crippen LogP contribution in [0.3, 0.4) is 0 Å². The maximum atomic E-state index is 11.4. The van der Waals surface area contributed by atoms with E-state index in [9.17, 15) is 4.79 Å². The Kier molecular flexibility index (Phi) is 4.00. The summed E-state index contributed by atoms with van der Waals surface area (Å²) in [5.41, 5.74) is 0. The van der Waals surface area contributed by atoms with E-state index in [0.29, 0.717) is 12.2 Å². The van der Waals surface area contributed by atoms with Gasteiger partial charge >= 0.3 is 0 Å². The molecule has 0 saturated carbocycles. The number of carbonyl (C=O) groups excluding carboxylic acids is 1. The minimum atomic E-state index is -0.262. The maximum Gasteiger partial charge on any atom is 0.238 e. The zero-order valence-electron chi connectivity index (χ0n) is 8.40. The monoisotopic (exact) mass is 213 g/mol. The van der Waals surface area contributed by atoms with Gasteiger partial charge in [-0.3, -0.25) is 9.48 Å². The highest BCUT2D eigenvalue weighted by molar-refractivity contribution is 7.81. The van der Waals surface area contributed by atoms with E-state index >= 15 is 0 Å². The minimum Gasteiger partial charge on any atom is -0.308 e. The molecule has 1 unspecified atom stereocenters. The number of nitrogens with one attached hydrogen (secondary N) is 1. The van der Waals surface area contributed by atoms with Crippen LogP contribution >= 0.6 is 12.6 Å². The van der Waals surface area contributed by atoms with E-state index in [1.807, 2.05) is 20.0 Å². The molecule has 1 aromatic rings. The van der Waals surface area contributed by atoms with Crippen molar-refractivity contribution in [1.29, 1.82) is 0 Å². The first-order chi connectivity index (χ1) is 6.67. The minimum absolute atomic E-state index is 0.0998. The number of aryl methyl sites for hydroxylation is 1. The van der Waals surface area contributed by atoms with E-state index in [2.05, 4.69) is 23.0 Å². The molecule has 0 bridgehead atoms. The lowest BCUT2D eigenvalue weighted by Gasteiger charge is -2.06. The van der Waals surface area contributed by atoms with Crippen LogP contribution in [0.4, 0.5) is 5.82 Å². The van der Waals surface area contributed by atoms with Crippen LogP contribution < -0.4 is 5.32 Å². The van der Waals surface area contributed by atoms with Crippen LogP contribution in [-0.4, -0.2) is 20.9 Å². The Bertz CT molecular complexity index is 311. The lowest BCUT2D eigenvalue weighted by molar-refractivity contribution is -0.115. The molecule has 0 aliphatic rings. The van der Waals surface area contributed by atoms with Crippen molar-refractivity contribution in [3.63, 3.8) is 0 Å². The number of rotatable bonds is 4. The zero-order chi connectivity index (χ0) is 10.6. The van der Waals surface area contributed by atoms with E-state index in [4.69, 9.17) is 0 Å². The summed E-state index contributed by atoms with van der Waals surface area (Å²) in [6, 6.07) is 1.78. The van der Waals surface area contributed by atoms with Crippen LogP contribution in [0.2, 0.25) is 0 Å². The summed E-state index contributed by atoms with van der Waals surface area (Å²) < 4.78 is 1.76. The summed E-state index contributed by atoms with van der Waals surface area (Å²) in [5, 5.41) is 6.57. The molecule has 1 N–H and O–H groups in total. The molecule has 1 rings (SSSR count). The molecule has 0 aliphatic heterocycles. The highest BCUT2D eigenvalue weighted by Crippen LogP contribution is 2.07. The van der Waals surface area contributed by atoms with Crippen molar-refractivity contribution in [2.75, 3.05) is 5.32 Å². The van der Waals surface area contributed by atoms with Gasteiger partial charge in [0.05, 0.1) is 5.25 Å². The van der Waals surface area contributed by atoms with Gasteiger partial charge in [-0.05, 0) is 13.3 Å². The number of carbonyl (C=O) groups is 1. The third-order valence-corrected chi connectivity index (χ3v) is 2.50. The van der Waals surface area contributed by atoms with Crippen LogP contribution in [0.25, 0.3) is 0 Å². The standard InChI is InChI=1S/C9H15N3OS/c1-3-7(14)9(13)10-8-5-6-12(4-2)11-8/h5-7,14H,3-4H2,1-2H3,(H,10,11,13). The summed E-state index contributed by atoms with van der Waals surface area (Å²) in [6.07, 6.45) is 2.54. The molecule has 1 amide bonds. The van der Waals surface area contributed by atoms with Crippen molar-refractivity contribution in [3.8, 4) is 0 Å². The van der Waals surface area contributed by atoms with Crippen molar-refractivity contribution in [1.82, 2.24) is 9.78 Å². The summed E-state index contributed by atoms with van der Waals surface area (Å²) in [5.74, 6) is 0.488. The second-order valence-electron chi connectivity index (χ2n) is 2.97. The van der Waals surface area contributed by atoms with E-state index in [1.165, 1.54) is 0 Å². The fourth-order valence-corrected chi connectivity index (χ4v) is 1.06. The topological polar surface area (TPSA) is 46.9 Å². The molecule has 5 heteroatoms. The normalized spacial score (nSPS) is 12.5. The molecule has 4 nitrogen and oxygen atoms in total. The number of anilines is 1. The Labute approximate surface area is 89.1 Å². The second kappa shape index (κ2) is 5.05. The Morgan fingerprint density at radius 1 is 1.71 bits per heavy atom. The van der Waals surface area contributed by atoms with Crippen LogP contribution in [0, 0.1) is 0 Å². The van der Waals surface area contributed by atoms with Gasteiger partial charge in [-0.2, -0.15) is 17.7 Å². The first kappa shape index (κ1) is 11.1. The highest BCUT2D eigenvalue weighted by Gasteiger charge is 2.12. The quantitative estimate of drug-likeness (QED) is 0.745. The van der Waals surface area contributed by atoms with Crippen molar-refractivity contribution in [2.24, 2.45) is 0 Å². The third kappa shape index (κ3) is 2.77. The lowest BCUT2D eigenvalue weighted by Crippen LogP contribution is -2.22. The average molecular weight is 213 g/mol. The Balaban J connectivity index is 2.56. The van der Waals surface area contributed by atoms with Gasteiger partial charge in [-0.15, -0.1) is 0 Å². The van der Waals surface area contributed by atoms with Crippen molar-refractivity contribution < 1.29 is 4.79 Å². The van der Waals surface area contributed by atoms with Crippen molar-refractivity contribution in [3.05, 3.63) is 12.3 Å². The Hall–Kier alpha value is -0.970. The smallest absolute Gasteiger partial charge is 0.238 e. The molecule has 0 radical (unpaired) electrons. The van der Waals surface area contributed by atoms with Gasteiger partial charge in [0.1, 0.15) is 0 Å². The fraction of sp³-hybridized carbons (Fsp3) is 0.556. The first-order valence-electron chi connectivity index (χ1n) is 4.69. The molecule has 78 valence electrons. The SMILES string of the molecule is CCC(S)C(=O)Nc1ccn(CC)n1. The number of aromatic nitrogens is 2. The van der Waals surface area contributed by atoms with Gasteiger partial charge in [0, 0.05) is 18.8 Å². The first-order valence-corrected chi connectivity index (χ1v) is 5.21. The maximum absolute atomic E-state index is 11.4. The number of nitrogens with zero attached hydrogens (tertiary/aromatic N) is 2. The fourth-order valence-electron chi connectivity index (χ4n) is 0.999. The van der Waals surface area contributed by atoms with E-state index in [-0.39, 0.29) is 11.2 Å². The largest absolute Gasteiger partial charge is 0.308 e. The van der Waals surface area contributed by atoms with Gasteiger partial charge < -0.3 is 5.32 Å². The van der Waals surface area contributed by atoms with Gasteiger partial charge in [0.25, 0.3) is 0 Å². The highest BCUT2D eigenvalue weighted by atomic mass is 32.1. The lowest BCUT2D eigenvalue weighted by atomic mass is 10.3. The summed E-state index contributed by atoms with van der Waals surface area (Å²) in [7, 11) is 0. The molecule has 1 heterocycles. The van der Waals surface area contributed by atoms with E-state index < -0.39 is 0 Å². The Morgan fingerprint density at radius 2 is 2.43 bits per heavy atom. The third-order valence-electron chi connectivity index (χ3n) is 1.91. The van der Waals surface area contributed by atoms with Crippen molar-refractivity contribution >= 4 is 24.4 Å². The van der Waals surface area contributed by atoms with Gasteiger partial charge in [0.15, 0.2) is 5.82 Å². The number of thiol groups is 1. The second-order valence-corrected chi connectivity index (χ2v) is 3.59. The molecule has 14 heavy (non-hydrogen) atoms. The van der Waals surface area contributed by atoms with E-state index in [1.54, 1.807) is 10.7 Å².